The number of rotatable bonds is 4. The van der Waals surface area contributed by atoms with Crippen molar-refractivity contribution in [3.63, 3.8) is 0 Å². The molecule has 0 unspecified atom stereocenters. The summed E-state index contributed by atoms with van der Waals surface area (Å²) in [6.07, 6.45) is 0. The summed E-state index contributed by atoms with van der Waals surface area (Å²) in [6, 6.07) is 16.0. The van der Waals surface area contributed by atoms with Crippen molar-refractivity contribution in [2.75, 3.05) is 5.75 Å². The van der Waals surface area contributed by atoms with E-state index in [4.69, 9.17) is 0 Å². The molecule has 1 N–H and O–H groups in total. The van der Waals surface area contributed by atoms with Crippen LogP contribution in [0.3, 0.4) is 0 Å². The molecule has 4 nitrogen and oxygen atoms in total. The van der Waals surface area contributed by atoms with Crippen LogP contribution < -0.4 is 0 Å². The standard InChI is InChI=1S/C20H19N3OS/c1-13-8-9-15(10-14(13)2)25-12-19(24)16(11-21)20-22-17-6-4-5-7-18(17)23(20)3/h4-10,24H,12H2,1-3H3/b19-16-. The molecular formula is C20H19N3OS. The predicted octanol–water partition coefficient (Wildman–Crippen LogP) is 4.78. The Balaban J connectivity index is 1.90. The number of benzene rings is 2. The Bertz CT molecular complexity index is 1010. The van der Waals surface area contributed by atoms with Crippen molar-refractivity contribution in [1.82, 2.24) is 9.55 Å². The first-order valence-corrected chi connectivity index (χ1v) is 8.94. The molecule has 25 heavy (non-hydrogen) atoms. The van der Waals surface area contributed by atoms with Gasteiger partial charge in [-0.3, -0.25) is 0 Å². The molecule has 5 heteroatoms. The number of imidazole rings is 1. The Morgan fingerprint density at radius 3 is 2.64 bits per heavy atom. The van der Waals surface area contributed by atoms with E-state index in [0.717, 1.165) is 15.9 Å². The minimum Gasteiger partial charge on any atom is -0.510 e. The van der Waals surface area contributed by atoms with Gasteiger partial charge in [-0.15, -0.1) is 11.8 Å². The first kappa shape index (κ1) is 17.1. The molecule has 126 valence electrons. The number of thioether (sulfide) groups is 1. The SMILES string of the molecule is Cc1ccc(SC/C(O)=C(\C#N)c2nc3ccccc3n2C)cc1C. The highest BCUT2D eigenvalue weighted by molar-refractivity contribution is 7.99. The van der Waals surface area contributed by atoms with Crippen LogP contribution in [-0.2, 0) is 7.05 Å². The van der Waals surface area contributed by atoms with Crippen LogP contribution in [0, 0.1) is 25.2 Å². The van der Waals surface area contributed by atoms with Crippen LogP contribution in [0.1, 0.15) is 17.0 Å². The van der Waals surface area contributed by atoms with Gasteiger partial charge in [0.1, 0.15) is 17.4 Å². The van der Waals surface area contributed by atoms with Crippen molar-refractivity contribution in [3.05, 3.63) is 65.2 Å². The molecule has 0 saturated carbocycles. The molecule has 3 rings (SSSR count). The molecule has 0 radical (unpaired) electrons. The van der Waals surface area contributed by atoms with E-state index in [-0.39, 0.29) is 11.3 Å². The largest absolute Gasteiger partial charge is 0.510 e. The second kappa shape index (κ2) is 7.04. The number of nitrogens with zero attached hydrogens (tertiary/aromatic N) is 3. The molecule has 0 saturated heterocycles. The van der Waals surface area contributed by atoms with Gasteiger partial charge < -0.3 is 9.67 Å². The summed E-state index contributed by atoms with van der Waals surface area (Å²) < 4.78 is 1.84. The van der Waals surface area contributed by atoms with Crippen LogP contribution >= 0.6 is 11.8 Å². The lowest BCUT2D eigenvalue weighted by Gasteiger charge is -2.07. The van der Waals surface area contributed by atoms with Gasteiger partial charge in [-0.1, -0.05) is 18.2 Å². The summed E-state index contributed by atoms with van der Waals surface area (Å²) >= 11 is 1.51. The summed E-state index contributed by atoms with van der Waals surface area (Å²) in [4.78, 5) is 5.57. The van der Waals surface area contributed by atoms with Gasteiger partial charge in [-0.2, -0.15) is 5.26 Å². The van der Waals surface area contributed by atoms with Gasteiger partial charge in [0.25, 0.3) is 0 Å². The summed E-state index contributed by atoms with van der Waals surface area (Å²) in [7, 11) is 1.85. The van der Waals surface area contributed by atoms with Gasteiger partial charge in [0.2, 0.25) is 0 Å². The maximum absolute atomic E-state index is 10.5. The molecule has 0 bridgehead atoms. The summed E-state index contributed by atoms with van der Waals surface area (Å²) in [5, 5.41) is 20.0. The normalized spacial score (nSPS) is 12.1. The molecule has 0 aliphatic rings. The lowest BCUT2D eigenvalue weighted by molar-refractivity contribution is 0.420. The van der Waals surface area contributed by atoms with Crippen molar-refractivity contribution in [1.29, 1.82) is 5.26 Å². The quantitative estimate of drug-likeness (QED) is 0.418. The van der Waals surface area contributed by atoms with Gasteiger partial charge in [-0.25, -0.2) is 4.98 Å². The van der Waals surface area contributed by atoms with E-state index in [1.54, 1.807) is 0 Å². The highest BCUT2D eigenvalue weighted by Crippen LogP contribution is 2.27. The van der Waals surface area contributed by atoms with Crippen LogP contribution in [0.2, 0.25) is 0 Å². The average Bonchev–Trinajstić information content (AvgIpc) is 2.94. The van der Waals surface area contributed by atoms with Crippen molar-refractivity contribution < 1.29 is 5.11 Å². The minimum atomic E-state index is 0.0455. The lowest BCUT2D eigenvalue weighted by Crippen LogP contribution is -2.00. The number of para-hydroxylation sites is 2. The third-order valence-electron chi connectivity index (χ3n) is 4.27. The van der Waals surface area contributed by atoms with Crippen molar-refractivity contribution in [2.45, 2.75) is 18.7 Å². The van der Waals surface area contributed by atoms with Gasteiger partial charge in [0.05, 0.1) is 16.8 Å². The molecule has 0 aliphatic heterocycles. The van der Waals surface area contributed by atoms with E-state index in [1.807, 2.05) is 41.9 Å². The van der Waals surface area contributed by atoms with Crippen molar-refractivity contribution in [2.24, 2.45) is 7.05 Å². The third kappa shape index (κ3) is 3.40. The van der Waals surface area contributed by atoms with E-state index in [1.165, 1.54) is 22.9 Å². The highest BCUT2D eigenvalue weighted by Gasteiger charge is 2.16. The van der Waals surface area contributed by atoms with E-state index in [2.05, 4.69) is 37.0 Å². The predicted molar refractivity (Wildman–Crippen MR) is 103 cm³/mol. The number of hydrogen-bond acceptors (Lipinski definition) is 4. The number of nitriles is 1. The zero-order valence-electron chi connectivity index (χ0n) is 14.4. The van der Waals surface area contributed by atoms with E-state index < -0.39 is 0 Å². The third-order valence-corrected chi connectivity index (χ3v) is 5.27. The van der Waals surface area contributed by atoms with Crippen LogP contribution in [0.5, 0.6) is 0 Å². The monoisotopic (exact) mass is 349 g/mol. The van der Waals surface area contributed by atoms with E-state index >= 15 is 0 Å². The fourth-order valence-electron chi connectivity index (χ4n) is 2.64. The molecule has 1 aromatic heterocycles. The van der Waals surface area contributed by atoms with Crippen LogP contribution in [0.25, 0.3) is 16.6 Å². The number of allylic oxidation sites excluding steroid dienone is 1. The van der Waals surface area contributed by atoms with Crippen LogP contribution in [0.4, 0.5) is 0 Å². The molecule has 0 spiro atoms. The molecule has 0 aliphatic carbocycles. The second-order valence-corrected chi connectivity index (χ2v) is 7.00. The van der Waals surface area contributed by atoms with Crippen molar-refractivity contribution in [3.8, 4) is 6.07 Å². The molecule has 0 amide bonds. The summed E-state index contributed by atoms with van der Waals surface area (Å²) in [5.41, 5.74) is 4.41. The molecule has 0 fully saturated rings. The fraction of sp³-hybridized carbons (Fsp3) is 0.200. The molecular weight excluding hydrogens is 330 g/mol. The first-order valence-electron chi connectivity index (χ1n) is 7.95. The molecule has 1 heterocycles. The maximum Gasteiger partial charge on any atom is 0.155 e. The number of aliphatic hydroxyl groups is 1. The highest BCUT2D eigenvalue weighted by atomic mass is 32.2. The number of fused-ring (bicyclic) bond motifs is 1. The second-order valence-electron chi connectivity index (χ2n) is 5.95. The van der Waals surface area contributed by atoms with Gasteiger partial charge in [0.15, 0.2) is 5.82 Å². The fourth-order valence-corrected chi connectivity index (χ4v) is 3.51. The van der Waals surface area contributed by atoms with E-state index in [9.17, 15) is 10.4 Å². The molecule has 3 aromatic rings. The Kier molecular flexibility index (Phi) is 4.82. The number of aryl methyl sites for hydroxylation is 3. The molecule has 2 aromatic carbocycles. The molecule has 0 atom stereocenters. The first-order chi connectivity index (χ1) is 12.0. The smallest absolute Gasteiger partial charge is 0.155 e. The van der Waals surface area contributed by atoms with Crippen molar-refractivity contribution >= 4 is 28.4 Å². The van der Waals surface area contributed by atoms with Crippen LogP contribution in [-0.4, -0.2) is 20.4 Å². The summed E-state index contributed by atoms with van der Waals surface area (Å²) in [6.45, 7) is 4.13. The maximum atomic E-state index is 10.5. The number of aliphatic hydroxyl groups excluding tert-OH is 1. The summed E-state index contributed by atoms with van der Waals surface area (Å²) in [5.74, 6) is 0.861. The Hall–Kier alpha value is -2.71. The minimum absolute atomic E-state index is 0.0455. The lowest BCUT2D eigenvalue weighted by atomic mass is 10.1. The van der Waals surface area contributed by atoms with Crippen LogP contribution in [0.15, 0.2) is 53.1 Å². The van der Waals surface area contributed by atoms with Gasteiger partial charge >= 0.3 is 0 Å². The number of aromatic nitrogens is 2. The Morgan fingerprint density at radius 1 is 1.20 bits per heavy atom. The van der Waals surface area contributed by atoms with E-state index in [0.29, 0.717) is 11.6 Å². The topological polar surface area (TPSA) is 61.8 Å². The van der Waals surface area contributed by atoms with Gasteiger partial charge in [-0.05, 0) is 49.2 Å². The number of hydrogen-bond donors (Lipinski definition) is 1. The Labute approximate surface area is 151 Å². The zero-order chi connectivity index (χ0) is 18.0. The van der Waals surface area contributed by atoms with Gasteiger partial charge in [0, 0.05) is 11.9 Å². The zero-order valence-corrected chi connectivity index (χ0v) is 15.3. The average molecular weight is 349 g/mol. The Morgan fingerprint density at radius 2 is 1.96 bits per heavy atom.